The van der Waals surface area contributed by atoms with Crippen LogP contribution in [0.3, 0.4) is 0 Å². The Bertz CT molecular complexity index is 414. The van der Waals surface area contributed by atoms with Crippen LogP contribution in [0.4, 0.5) is 0 Å². The van der Waals surface area contributed by atoms with Crippen LogP contribution >= 0.6 is 0 Å². The van der Waals surface area contributed by atoms with E-state index in [1.54, 1.807) is 6.08 Å². The number of aliphatic hydroxyl groups excluding tert-OH is 4. The first kappa shape index (κ1) is 23.5. The van der Waals surface area contributed by atoms with Crippen LogP contribution in [-0.4, -0.2) is 61.8 Å². The molecule has 1 amide bonds. The first-order chi connectivity index (χ1) is 11.8. The molecule has 0 aliphatic carbocycles. The Labute approximate surface area is 148 Å². The van der Waals surface area contributed by atoms with Gasteiger partial charge < -0.3 is 30.8 Å². The van der Waals surface area contributed by atoms with Crippen LogP contribution in [0.2, 0.25) is 0 Å². The van der Waals surface area contributed by atoms with Gasteiger partial charge in [-0.05, 0) is 19.0 Å². The molecule has 0 saturated heterocycles. The Morgan fingerprint density at radius 1 is 0.880 bits per heavy atom. The number of carboxylic acid groups (broad SMARTS) is 1. The first-order valence-electron chi connectivity index (χ1n) is 8.73. The first-order valence-corrected chi connectivity index (χ1v) is 8.73. The van der Waals surface area contributed by atoms with E-state index in [2.05, 4.69) is 12.2 Å². The van der Waals surface area contributed by atoms with E-state index >= 15 is 0 Å². The lowest BCUT2D eigenvalue weighted by molar-refractivity contribution is -0.166. The third-order valence-corrected chi connectivity index (χ3v) is 3.84. The van der Waals surface area contributed by atoms with Crippen molar-refractivity contribution in [3.63, 3.8) is 0 Å². The molecule has 0 aliphatic heterocycles. The van der Waals surface area contributed by atoms with Gasteiger partial charge in [0.1, 0.15) is 12.2 Å². The van der Waals surface area contributed by atoms with Crippen LogP contribution in [0.25, 0.3) is 0 Å². The smallest absolute Gasteiger partial charge is 0.335 e. The van der Waals surface area contributed by atoms with E-state index in [0.29, 0.717) is 0 Å². The maximum atomic E-state index is 11.6. The van der Waals surface area contributed by atoms with Gasteiger partial charge in [-0.3, -0.25) is 4.79 Å². The molecule has 0 aromatic rings. The lowest BCUT2D eigenvalue weighted by atomic mass is 10.0. The largest absolute Gasteiger partial charge is 0.479 e. The van der Waals surface area contributed by atoms with Gasteiger partial charge in [0.05, 0.1) is 0 Å². The Hall–Kier alpha value is -1.48. The summed E-state index contributed by atoms with van der Waals surface area (Å²) in [6.45, 7) is 2.17. The molecule has 0 radical (unpaired) electrons. The van der Waals surface area contributed by atoms with E-state index in [1.165, 1.54) is 38.3 Å². The van der Waals surface area contributed by atoms with Crippen molar-refractivity contribution in [2.45, 2.75) is 82.7 Å². The summed E-state index contributed by atoms with van der Waals surface area (Å²) in [7, 11) is 0. The van der Waals surface area contributed by atoms with Gasteiger partial charge in [0, 0.05) is 0 Å². The highest BCUT2D eigenvalue weighted by Crippen LogP contribution is 2.09. The van der Waals surface area contributed by atoms with Crippen LogP contribution in [0.5, 0.6) is 0 Å². The minimum absolute atomic E-state index is 0.757. The number of aliphatic hydroxyl groups is 4. The van der Waals surface area contributed by atoms with Crippen molar-refractivity contribution in [3.05, 3.63) is 12.3 Å². The standard InChI is InChI=1S/C17H31NO7/c1-2-3-4-5-6-7-8-9-10-11-18-16(23)14(21)12(19)13(20)15(22)17(24)25/h10-15,19-22H,2-9H2,1H3,(H,18,23)(H,24,25). The Balaban J connectivity index is 3.98. The number of aliphatic carboxylic acids is 1. The number of rotatable bonds is 14. The molecular weight excluding hydrogens is 330 g/mol. The Morgan fingerprint density at radius 3 is 1.96 bits per heavy atom. The van der Waals surface area contributed by atoms with E-state index in [-0.39, 0.29) is 0 Å². The zero-order valence-electron chi connectivity index (χ0n) is 14.7. The number of hydrogen-bond donors (Lipinski definition) is 6. The van der Waals surface area contributed by atoms with Gasteiger partial charge in [0.2, 0.25) is 0 Å². The fourth-order valence-electron chi connectivity index (χ4n) is 2.20. The van der Waals surface area contributed by atoms with Crippen LogP contribution in [0.1, 0.15) is 58.3 Å². The molecule has 0 aliphatic rings. The van der Waals surface area contributed by atoms with Crippen molar-refractivity contribution in [1.82, 2.24) is 5.32 Å². The highest BCUT2D eigenvalue weighted by Gasteiger charge is 2.37. The van der Waals surface area contributed by atoms with Gasteiger partial charge in [0.15, 0.2) is 12.2 Å². The Kier molecular flexibility index (Phi) is 13.0. The predicted octanol–water partition coefficient (Wildman–Crippen LogP) is 0.285. The van der Waals surface area contributed by atoms with Gasteiger partial charge in [0.25, 0.3) is 5.91 Å². The molecule has 0 aromatic carbocycles. The number of hydrogen-bond acceptors (Lipinski definition) is 6. The van der Waals surface area contributed by atoms with Crippen LogP contribution in [0.15, 0.2) is 12.3 Å². The molecule has 25 heavy (non-hydrogen) atoms. The summed E-state index contributed by atoms with van der Waals surface area (Å²) in [6, 6.07) is 0. The number of carbonyl (C=O) groups is 2. The van der Waals surface area contributed by atoms with E-state index in [9.17, 15) is 24.9 Å². The molecular formula is C17H31NO7. The molecule has 0 aromatic heterocycles. The lowest BCUT2D eigenvalue weighted by Gasteiger charge is -2.23. The minimum Gasteiger partial charge on any atom is -0.479 e. The Morgan fingerprint density at radius 2 is 1.40 bits per heavy atom. The maximum absolute atomic E-state index is 11.6. The average Bonchev–Trinajstić information content (AvgIpc) is 2.60. The molecule has 0 rings (SSSR count). The third-order valence-electron chi connectivity index (χ3n) is 3.84. The quantitative estimate of drug-likeness (QED) is 0.244. The summed E-state index contributed by atoms with van der Waals surface area (Å²) >= 11 is 0. The second kappa shape index (κ2) is 13.8. The van der Waals surface area contributed by atoms with Crippen LogP contribution in [-0.2, 0) is 9.59 Å². The topological polar surface area (TPSA) is 147 Å². The van der Waals surface area contributed by atoms with Gasteiger partial charge >= 0.3 is 5.97 Å². The molecule has 6 N–H and O–H groups in total. The van der Waals surface area contributed by atoms with Crippen molar-refractivity contribution >= 4 is 11.9 Å². The van der Waals surface area contributed by atoms with E-state index in [0.717, 1.165) is 19.3 Å². The molecule has 8 heteroatoms. The molecule has 0 spiro atoms. The zero-order valence-corrected chi connectivity index (χ0v) is 14.7. The molecule has 8 nitrogen and oxygen atoms in total. The minimum atomic E-state index is -2.30. The monoisotopic (exact) mass is 361 g/mol. The highest BCUT2D eigenvalue weighted by molar-refractivity contribution is 5.82. The molecule has 0 saturated carbocycles. The fraction of sp³-hybridized carbons (Fsp3) is 0.765. The molecule has 4 unspecified atom stereocenters. The van der Waals surface area contributed by atoms with Gasteiger partial charge in [-0.25, -0.2) is 4.79 Å². The zero-order chi connectivity index (χ0) is 19.2. The van der Waals surface area contributed by atoms with Crippen molar-refractivity contribution < 1.29 is 35.1 Å². The average molecular weight is 361 g/mol. The summed E-state index contributed by atoms with van der Waals surface area (Å²) in [6.07, 6.45) is 3.34. The normalized spacial score (nSPS) is 16.4. The van der Waals surface area contributed by atoms with Crippen molar-refractivity contribution in [1.29, 1.82) is 0 Å². The molecule has 0 bridgehead atoms. The second-order valence-corrected chi connectivity index (χ2v) is 6.03. The van der Waals surface area contributed by atoms with Gasteiger partial charge in [-0.2, -0.15) is 0 Å². The van der Waals surface area contributed by atoms with Crippen molar-refractivity contribution in [2.75, 3.05) is 0 Å². The van der Waals surface area contributed by atoms with E-state index < -0.39 is 36.3 Å². The molecule has 4 atom stereocenters. The van der Waals surface area contributed by atoms with Crippen molar-refractivity contribution in [3.8, 4) is 0 Å². The predicted molar refractivity (Wildman–Crippen MR) is 91.6 cm³/mol. The van der Waals surface area contributed by atoms with Gasteiger partial charge in [-0.15, -0.1) is 0 Å². The number of unbranched alkanes of at least 4 members (excludes halogenated alkanes) is 7. The highest BCUT2D eigenvalue weighted by atomic mass is 16.4. The molecule has 0 heterocycles. The SMILES string of the molecule is CCCCCCCCCC=CNC(=O)C(O)C(O)C(O)C(O)C(=O)O. The van der Waals surface area contributed by atoms with E-state index in [1.807, 2.05) is 0 Å². The lowest BCUT2D eigenvalue weighted by Crippen LogP contribution is -2.52. The number of carbonyl (C=O) groups excluding carboxylic acids is 1. The summed E-state index contributed by atoms with van der Waals surface area (Å²) in [5.74, 6) is -2.77. The fourth-order valence-corrected chi connectivity index (χ4v) is 2.20. The number of carboxylic acids is 1. The summed E-state index contributed by atoms with van der Waals surface area (Å²) in [5.41, 5.74) is 0. The molecule has 146 valence electrons. The second-order valence-electron chi connectivity index (χ2n) is 6.03. The van der Waals surface area contributed by atoms with Crippen molar-refractivity contribution in [2.24, 2.45) is 0 Å². The van der Waals surface area contributed by atoms with Crippen LogP contribution < -0.4 is 5.32 Å². The summed E-state index contributed by atoms with van der Waals surface area (Å²) in [4.78, 5) is 22.1. The van der Waals surface area contributed by atoms with Crippen LogP contribution in [0, 0.1) is 0 Å². The maximum Gasteiger partial charge on any atom is 0.335 e. The third kappa shape index (κ3) is 10.2. The van der Waals surface area contributed by atoms with Gasteiger partial charge in [-0.1, -0.05) is 51.5 Å². The number of allylic oxidation sites excluding steroid dienone is 1. The summed E-state index contributed by atoms with van der Waals surface area (Å²) < 4.78 is 0. The number of amides is 1. The summed E-state index contributed by atoms with van der Waals surface area (Å²) in [5, 5.41) is 48.3. The van der Waals surface area contributed by atoms with E-state index in [4.69, 9.17) is 10.2 Å². The number of nitrogens with one attached hydrogen (secondary N) is 1. The molecule has 0 fully saturated rings.